The Kier molecular flexibility index (Phi) is 3.01. The number of rotatable bonds is 3. The molecular formula is C8H12N2O2. The van der Waals surface area contributed by atoms with Crippen LogP contribution in [0.2, 0.25) is 0 Å². The van der Waals surface area contributed by atoms with Crippen LogP contribution in [0.3, 0.4) is 0 Å². The van der Waals surface area contributed by atoms with Crippen molar-refractivity contribution in [3.63, 3.8) is 0 Å². The number of nitrogens with two attached hydrogens (primary N) is 1. The van der Waals surface area contributed by atoms with Crippen LogP contribution < -0.4 is 5.73 Å². The predicted molar refractivity (Wildman–Crippen MR) is 44.5 cm³/mol. The summed E-state index contributed by atoms with van der Waals surface area (Å²) in [5.41, 5.74) is 6.06. The first-order valence-electron chi connectivity index (χ1n) is 3.76. The van der Waals surface area contributed by atoms with Gasteiger partial charge in [0.25, 0.3) is 0 Å². The average Bonchev–Trinajstić information content (AvgIpc) is 2.05. The van der Waals surface area contributed by atoms with E-state index < -0.39 is 6.04 Å². The van der Waals surface area contributed by atoms with Crippen molar-refractivity contribution in [1.82, 2.24) is 4.98 Å². The Morgan fingerprint density at radius 1 is 1.58 bits per heavy atom. The van der Waals surface area contributed by atoms with Crippen LogP contribution in [0.5, 0.6) is 5.75 Å². The summed E-state index contributed by atoms with van der Waals surface area (Å²) in [6, 6.07) is 2.76. The minimum Gasteiger partial charge on any atom is -0.506 e. The number of aliphatic hydroxyl groups excluding tert-OH is 1. The normalized spacial score (nSPS) is 12.8. The first-order chi connectivity index (χ1) is 5.75. The van der Waals surface area contributed by atoms with E-state index in [-0.39, 0.29) is 12.4 Å². The molecule has 0 saturated heterocycles. The number of pyridine rings is 1. The van der Waals surface area contributed by atoms with E-state index in [1.807, 2.05) is 0 Å². The third kappa shape index (κ3) is 1.93. The number of aliphatic hydroxyl groups is 1. The van der Waals surface area contributed by atoms with Gasteiger partial charge in [0.05, 0.1) is 11.7 Å². The number of hydrogen-bond acceptors (Lipinski definition) is 4. The van der Waals surface area contributed by atoms with Gasteiger partial charge in [0.15, 0.2) is 0 Å². The van der Waals surface area contributed by atoms with Crippen molar-refractivity contribution in [3.05, 3.63) is 24.0 Å². The highest BCUT2D eigenvalue weighted by molar-refractivity contribution is 5.27. The molecular weight excluding hydrogens is 156 g/mol. The molecule has 0 fully saturated rings. The van der Waals surface area contributed by atoms with Gasteiger partial charge in [-0.2, -0.15) is 0 Å². The molecule has 1 aromatic rings. The fourth-order valence-electron chi connectivity index (χ4n) is 0.971. The number of hydrogen-bond donors (Lipinski definition) is 3. The third-order valence-electron chi connectivity index (χ3n) is 1.61. The quantitative estimate of drug-likeness (QED) is 0.601. The van der Waals surface area contributed by atoms with E-state index in [4.69, 9.17) is 10.8 Å². The Morgan fingerprint density at radius 3 is 2.92 bits per heavy atom. The second-order valence-electron chi connectivity index (χ2n) is 2.53. The van der Waals surface area contributed by atoms with Gasteiger partial charge in [0.1, 0.15) is 5.75 Å². The first kappa shape index (κ1) is 8.96. The molecule has 1 rings (SSSR count). The largest absolute Gasteiger partial charge is 0.506 e. The molecule has 0 aromatic carbocycles. The zero-order chi connectivity index (χ0) is 8.97. The zero-order valence-electron chi connectivity index (χ0n) is 6.64. The van der Waals surface area contributed by atoms with Crippen molar-refractivity contribution in [3.8, 4) is 5.75 Å². The van der Waals surface area contributed by atoms with E-state index in [1.165, 1.54) is 6.07 Å². The summed E-state index contributed by atoms with van der Waals surface area (Å²) >= 11 is 0. The number of aromatic nitrogens is 1. The Balaban J connectivity index is 2.79. The highest BCUT2D eigenvalue weighted by Crippen LogP contribution is 2.20. The fraction of sp³-hybridized carbons (Fsp3) is 0.375. The number of nitrogens with zero attached hydrogens (tertiary/aromatic N) is 1. The molecule has 0 spiro atoms. The molecule has 0 bridgehead atoms. The molecule has 66 valence electrons. The molecule has 4 nitrogen and oxygen atoms in total. The van der Waals surface area contributed by atoms with E-state index in [9.17, 15) is 5.11 Å². The summed E-state index contributed by atoms with van der Waals surface area (Å²) in [5, 5.41) is 17.9. The monoisotopic (exact) mass is 168 g/mol. The van der Waals surface area contributed by atoms with Crippen molar-refractivity contribution in [2.75, 3.05) is 6.61 Å². The van der Waals surface area contributed by atoms with Crippen molar-refractivity contribution in [2.45, 2.75) is 12.5 Å². The molecule has 0 aliphatic rings. The topological polar surface area (TPSA) is 79.4 Å². The van der Waals surface area contributed by atoms with E-state index in [1.54, 1.807) is 12.3 Å². The molecule has 1 atom stereocenters. The summed E-state index contributed by atoms with van der Waals surface area (Å²) in [6.07, 6.45) is 1.97. The molecule has 1 unspecified atom stereocenters. The van der Waals surface area contributed by atoms with Gasteiger partial charge in [0.2, 0.25) is 0 Å². The van der Waals surface area contributed by atoms with Gasteiger partial charge < -0.3 is 15.9 Å². The van der Waals surface area contributed by atoms with Crippen LogP contribution in [-0.4, -0.2) is 21.8 Å². The third-order valence-corrected chi connectivity index (χ3v) is 1.61. The van der Waals surface area contributed by atoms with Gasteiger partial charge in [0, 0.05) is 12.8 Å². The maximum Gasteiger partial charge on any atom is 0.138 e. The van der Waals surface area contributed by atoms with Crippen LogP contribution in [0.25, 0.3) is 0 Å². The van der Waals surface area contributed by atoms with Gasteiger partial charge in [-0.25, -0.2) is 0 Å². The molecule has 0 radical (unpaired) electrons. The fourth-order valence-corrected chi connectivity index (χ4v) is 0.971. The Bertz CT molecular complexity index is 253. The Morgan fingerprint density at radius 2 is 2.33 bits per heavy atom. The van der Waals surface area contributed by atoms with Crippen molar-refractivity contribution in [2.24, 2.45) is 5.73 Å². The highest BCUT2D eigenvalue weighted by Gasteiger charge is 2.10. The lowest BCUT2D eigenvalue weighted by Gasteiger charge is -2.09. The maximum atomic E-state index is 9.28. The Hall–Kier alpha value is -1.13. The molecule has 1 aromatic heterocycles. The summed E-state index contributed by atoms with van der Waals surface area (Å²) in [7, 11) is 0. The molecule has 4 N–H and O–H groups in total. The summed E-state index contributed by atoms with van der Waals surface area (Å²) in [5.74, 6) is 0.0819. The molecule has 12 heavy (non-hydrogen) atoms. The van der Waals surface area contributed by atoms with Gasteiger partial charge in [-0.05, 0) is 18.6 Å². The molecule has 0 saturated carbocycles. The van der Waals surface area contributed by atoms with Crippen molar-refractivity contribution >= 4 is 0 Å². The van der Waals surface area contributed by atoms with Crippen molar-refractivity contribution < 1.29 is 10.2 Å². The molecule has 1 heterocycles. The molecule has 4 heteroatoms. The summed E-state index contributed by atoms with van der Waals surface area (Å²) < 4.78 is 0. The van der Waals surface area contributed by atoms with Crippen LogP contribution in [0.4, 0.5) is 0 Å². The van der Waals surface area contributed by atoms with Crippen LogP contribution in [0.1, 0.15) is 18.2 Å². The SMILES string of the molecule is NC(CCO)c1ncccc1O. The summed E-state index contributed by atoms with van der Waals surface area (Å²) in [6.45, 7) is -0.00280. The first-order valence-corrected chi connectivity index (χ1v) is 3.76. The van der Waals surface area contributed by atoms with Crippen LogP contribution >= 0.6 is 0 Å². The maximum absolute atomic E-state index is 9.28. The van der Waals surface area contributed by atoms with E-state index in [2.05, 4.69) is 4.98 Å². The van der Waals surface area contributed by atoms with Gasteiger partial charge in [-0.1, -0.05) is 0 Å². The van der Waals surface area contributed by atoms with Crippen molar-refractivity contribution in [1.29, 1.82) is 0 Å². The Labute approximate surface area is 70.7 Å². The summed E-state index contributed by atoms with van der Waals surface area (Å²) in [4.78, 5) is 3.91. The lowest BCUT2D eigenvalue weighted by molar-refractivity contribution is 0.274. The van der Waals surface area contributed by atoms with E-state index in [0.29, 0.717) is 12.1 Å². The molecule has 0 aliphatic carbocycles. The average molecular weight is 168 g/mol. The van der Waals surface area contributed by atoms with Gasteiger partial charge >= 0.3 is 0 Å². The number of aromatic hydroxyl groups is 1. The van der Waals surface area contributed by atoms with Crippen LogP contribution in [-0.2, 0) is 0 Å². The smallest absolute Gasteiger partial charge is 0.138 e. The standard InChI is InChI=1S/C8H12N2O2/c9-6(3-5-11)8-7(12)2-1-4-10-8/h1-2,4,6,11-12H,3,5,9H2. The van der Waals surface area contributed by atoms with E-state index >= 15 is 0 Å². The second kappa shape index (κ2) is 4.04. The lowest BCUT2D eigenvalue weighted by atomic mass is 10.1. The molecule has 0 aliphatic heterocycles. The lowest BCUT2D eigenvalue weighted by Crippen LogP contribution is -2.13. The minimum absolute atomic E-state index is 0.00280. The minimum atomic E-state index is -0.392. The molecule has 0 amide bonds. The van der Waals surface area contributed by atoms with Crippen LogP contribution in [0, 0.1) is 0 Å². The zero-order valence-corrected chi connectivity index (χ0v) is 6.64. The van der Waals surface area contributed by atoms with Gasteiger partial charge in [-0.15, -0.1) is 0 Å². The van der Waals surface area contributed by atoms with Gasteiger partial charge in [-0.3, -0.25) is 4.98 Å². The second-order valence-corrected chi connectivity index (χ2v) is 2.53. The van der Waals surface area contributed by atoms with Crippen LogP contribution in [0.15, 0.2) is 18.3 Å². The van der Waals surface area contributed by atoms with E-state index in [0.717, 1.165) is 0 Å². The highest BCUT2D eigenvalue weighted by atomic mass is 16.3. The predicted octanol–water partition coefficient (Wildman–Crippen LogP) is 0.169.